The second-order valence-corrected chi connectivity index (χ2v) is 4.31. The lowest BCUT2D eigenvalue weighted by Crippen LogP contribution is -2.14. The van der Waals surface area contributed by atoms with Crippen LogP contribution in [0, 0.1) is 15.7 Å². The van der Waals surface area contributed by atoms with E-state index in [0.717, 1.165) is 12.1 Å². The Hall–Kier alpha value is -2.71. The minimum absolute atomic E-state index is 0.00307. The average Bonchev–Trinajstić information content (AvgIpc) is 2.43. The van der Waals surface area contributed by atoms with E-state index in [1.165, 1.54) is 6.92 Å². The number of nitrogens with zero attached hydrogens (tertiary/aromatic N) is 1. The summed E-state index contributed by atoms with van der Waals surface area (Å²) in [5, 5.41) is 17.1. The number of anilines is 1. The van der Waals surface area contributed by atoms with Gasteiger partial charge in [-0.15, -0.1) is 4.91 Å². The Kier molecular flexibility index (Phi) is 5.39. The van der Waals surface area contributed by atoms with Gasteiger partial charge in [0, 0.05) is 23.5 Å². The van der Waals surface area contributed by atoms with Gasteiger partial charge in [-0.3, -0.25) is 0 Å². The SMILES string of the molecule is C/C(=C/C(=N)COc1cc(N)c(C=N)cc1C(F)(F)F)N=O. The average molecular weight is 314 g/mol. The first-order valence-corrected chi connectivity index (χ1v) is 5.92. The summed E-state index contributed by atoms with van der Waals surface area (Å²) < 4.78 is 43.9. The van der Waals surface area contributed by atoms with Gasteiger partial charge in [-0.1, -0.05) is 0 Å². The number of allylic oxidation sites excluding steroid dienone is 1. The fourth-order valence-corrected chi connectivity index (χ4v) is 1.55. The van der Waals surface area contributed by atoms with Gasteiger partial charge < -0.3 is 21.3 Å². The maximum absolute atomic E-state index is 13.0. The third-order valence-corrected chi connectivity index (χ3v) is 2.56. The van der Waals surface area contributed by atoms with Crippen molar-refractivity contribution in [1.29, 1.82) is 10.8 Å². The molecule has 0 atom stereocenters. The van der Waals surface area contributed by atoms with E-state index in [4.69, 9.17) is 21.3 Å². The van der Waals surface area contributed by atoms with Gasteiger partial charge in [-0.05, 0) is 24.2 Å². The molecule has 0 amide bonds. The molecule has 0 heterocycles. The molecule has 0 aliphatic rings. The Bertz CT molecular complexity index is 639. The van der Waals surface area contributed by atoms with Gasteiger partial charge in [0.25, 0.3) is 0 Å². The van der Waals surface area contributed by atoms with Crippen LogP contribution in [-0.2, 0) is 6.18 Å². The summed E-state index contributed by atoms with van der Waals surface area (Å²) in [6, 6.07) is 1.65. The normalized spacial score (nSPS) is 11.9. The van der Waals surface area contributed by atoms with E-state index < -0.39 is 24.1 Å². The molecule has 118 valence electrons. The fourth-order valence-electron chi connectivity index (χ4n) is 1.55. The van der Waals surface area contributed by atoms with E-state index in [2.05, 4.69) is 5.18 Å². The molecular formula is C13H13F3N4O2. The summed E-state index contributed by atoms with van der Waals surface area (Å²) in [6.45, 7) is 0.860. The molecular weight excluding hydrogens is 301 g/mol. The Morgan fingerprint density at radius 3 is 2.59 bits per heavy atom. The summed E-state index contributed by atoms with van der Waals surface area (Å²) in [5.74, 6) is -0.550. The maximum Gasteiger partial charge on any atom is 0.419 e. The number of rotatable bonds is 6. The molecule has 1 rings (SSSR count). The number of nitrogen functional groups attached to an aromatic ring is 1. The van der Waals surface area contributed by atoms with Crippen LogP contribution in [0.1, 0.15) is 18.1 Å². The number of nitrogens with one attached hydrogen (secondary N) is 2. The van der Waals surface area contributed by atoms with Crippen LogP contribution in [0.3, 0.4) is 0 Å². The topological polar surface area (TPSA) is 112 Å². The van der Waals surface area contributed by atoms with Gasteiger partial charge in [-0.2, -0.15) is 13.2 Å². The molecule has 0 aliphatic carbocycles. The summed E-state index contributed by atoms with van der Waals surface area (Å²) in [6.07, 6.45) is -2.91. The Labute approximate surface area is 123 Å². The smallest absolute Gasteiger partial charge is 0.419 e. The van der Waals surface area contributed by atoms with E-state index in [9.17, 15) is 18.1 Å². The number of alkyl halides is 3. The summed E-state index contributed by atoms with van der Waals surface area (Å²) >= 11 is 0. The number of nitrogens with two attached hydrogens (primary N) is 1. The van der Waals surface area contributed by atoms with Crippen molar-refractivity contribution in [2.45, 2.75) is 13.1 Å². The third kappa shape index (κ3) is 4.40. The highest BCUT2D eigenvalue weighted by atomic mass is 19.4. The molecule has 22 heavy (non-hydrogen) atoms. The first-order chi connectivity index (χ1) is 10.2. The van der Waals surface area contributed by atoms with E-state index in [0.29, 0.717) is 12.3 Å². The predicted octanol–water partition coefficient (Wildman–Crippen LogP) is 3.35. The highest BCUT2D eigenvalue weighted by Crippen LogP contribution is 2.38. The minimum Gasteiger partial charge on any atom is -0.487 e. The first-order valence-electron chi connectivity index (χ1n) is 5.92. The van der Waals surface area contributed by atoms with Crippen molar-refractivity contribution in [2.24, 2.45) is 5.18 Å². The second-order valence-electron chi connectivity index (χ2n) is 4.31. The highest BCUT2D eigenvalue weighted by Gasteiger charge is 2.35. The molecule has 0 unspecified atom stereocenters. The zero-order valence-electron chi connectivity index (χ0n) is 11.5. The molecule has 0 spiro atoms. The first kappa shape index (κ1) is 17.3. The quantitative estimate of drug-likeness (QED) is 0.425. The number of ether oxygens (including phenoxy) is 1. The number of benzene rings is 1. The summed E-state index contributed by atoms with van der Waals surface area (Å²) in [7, 11) is 0. The highest BCUT2D eigenvalue weighted by molar-refractivity contribution is 5.94. The Morgan fingerprint density at radius 2 is 2.09 bits per heavy atom. The van der Waals surface area contributed by atoms with Crippen molar-refractivity contribution in [3.8, 4) is 5.75 Å². The molecule has 0 bridgehead atoms. The molecule has 9 heteroatoms. The van der Waals surface area contributed by atoms with Crippen LogP contribution >= 0.6 is 0 Å². The lowest BCUT2D eigenvalue weighted by atomic mass is 10.1. The zero-order chi connectivity index (χ0) is 16.9. The van der Waals surface area contributed by atoms with Crippen molar-refractivity contribution < 1.29 is 17.9 Å². The van der Waals surface area contributed by atoms with Gasteiger partial charge >= 0.3 is 6.18 Å². The molecule has 0 saturated carbocycles. The Balaban J connectivity index is 3.08. The number of halogens is 3. The van der Waals surface area contributed by atoms with Crippen molar-refractivity contribution in [1.82, 2.24) is 0 Å². The zero-order valence-corrected chi connectivity index (χ0v) is 11.5. The van der Waals surface area contributed by atoms with E-state index in [-0.39, 0.29) is 22.7 Å². The largest absolute Gasteiger partial charge is 0.487 e. The van der Waals surface area contributed by atoms with Crippen molar-refractivity contribution >= 4 is 17.6 Å². The van der Waals surface area contributed by atoms with Crippen LogP contribution < -0.4 is 10.5 Å². The monoisotopic (exact) mass is 314 g/mol. The molecule has 4 N–H and O–H groups in total. The standard InChI is InChI=1S/C13H13F3N4O2/c1-7(20-21)2-9(18)6-22-12-4-11(19)8(5-17)3-10(12)13(14,15)16/h2-5,17-18H,6,19H2,1H3/b7-2-,17-5?,18-9?. The van der Waals surface area contributed by atoms with E-state index >= 15 is 0 Å². The van der Waals surface area contributed by atoms with Crippen LogP contribution in [0.2, 0.25) is 0 Å². The Morgan fingerprint density at radius 1 is 1.45 bits per heavy atom. The lowest BCUT2D eigenvalue weighted by molar-refractivity contribution is -0.138. The molecule has 0 fully saturated rings. The fraction of sp³-hybridized carbons (Fsp3) is 0.231. The van der Waals surface area contributed by atoms with Gasteiger partial charge in [0.1, 0.15) is 12.4 Å². The number of hydrogen-bond acceptors (Lipinski definition) is 6. The molecule has 1 aromatic carbocycles. The van der Waals surface area contributed by atoms with Gasteiger partial charge in [0.05, 0.1) is 17.0 Å². The van der Waals surface area contributed by atoms with E-state index in [1.54, 1.807) is 0 Å². The van der Waals surface area contributed by atoms with Gasteiger partial charge in [-0.25, -0.2) is 0 Å². The molecule has 1 aromatic rings. The molecule has 0 radical (unpaired) electrons. The molecule has 0 aliphatic heterocycles. The minimum atomic E-state index is -4.70. The molecule has 0 aromatic heterocycles. The second kappa shape index (κ2) is 6.83. The third-order valence-electron chi connectivity index (χ3n) is 2.56. The van der Waals surface area contributed by atoms with Gasteiger partial charge in [0.2, 0.25) is 0 Å². The number of hydrogen-bond donors (Lipinski definition) is 3. The van der Waals surface area contributed by atoms with Crippen molar-refractivity contribution in [3.05, 3.63) is 39.9 Å². The van der Waals surface area contributed by atoms with Crippen LogP contribution in [0.25, 0.3) is 0 Å². The van der Waals surface area contributed by atoms with Crippen LogP contribution in [0.5, 0.6) is 5.75 Å². The number of nitroso groups, excluding NO2 is 1. The van der Waals surface area contributed by atoms with Crippen LogP contribution in [0.15, 0.2) is 29.1 Å². The van der Waals surface area contributed by atoms with E-state index in [1.807, 2.05) is 0 Å². The predicted molar refractivity (Wildman–Crippen MR) is 76.5 cm³/mol. The summed E-state index contributed by atoms with van der Waals surface area (Å²) in [4.78, 5) is 10.2. The maximum atomic E-state index is 13.0. The van der Waals surface area contributed by atoms with Crippen molar-refractivity contribution in [3.63, 3.8) is 0 Å². The van der Waals surface area contributed by atoms with Gasteiger partial charge in [0.15, 0.2) is 0 Å². The summed E-state index contributed by atoms with van der Waals surface area (Å²) in [5.41, 5.74) is 4.08. The lowest BCUT2D eigenvalue weighted by Gasteiger charge is -2.15. The molecule has 6 nitrogen and oxygen atoms in total. The molecule has 0 saturated heterocycles. The van der Waals surface area contributed by atoms with Crippen LogP contribution in [-0.4, -0.2) is 18.5 Å². The van der Waals surface area contributed by atoms with Crippen molar-refractivity contribution in [2.75, 3.05) is 12.3 Å². The van der Waals surface area contributed by atoms with Crippen LogP contribution in [0.4, 0.5) is 18.9 Å².